The molecule has 126 valence electrons. The van der Waals surface area contributed by atoms with Gasteiger partial charge >= 0.3 is 6.03 Å². The Morgan fingerprint density at radius 1 is 1.09 bits per heavy atom. The maximum atomic E-state index is 12.5. The van der Waals surface area contributed by atoms with Crippen molar-refractivity contribution in [1.82, 2.24) is 15.1 Å². The molecule has 0 saturated carbocycles. The van der Waals surface area contributed by atoms with Crippen molar-refractivity contribution in [3.8, 4) is 0 Å². The number of likely N-dealkylation sites (tertiary alicyclic amines) is 2. The van der Waals surface area contributed by atoms with Crippen LogP contribution in [0.1, 0.15) is 44.6 Å². The van der Waals surface area contributed by atoms with Crippen LogP contribution < -0.4 is 5.32 Å². The zero-order valence-corrected chi connectivity index (χ0v) is 14.2. The second kappa shape index (κ2) is 7.82. The third kappa shape index (κ3) is 4.47. The standard InChI is InChI=1S/C19H29N3O/c1-16-7-5-6-12-22(16)19(23)20-18-10-13-21(14-11-18)15-17-8-3-2-4-9-17/h2-4,8-9,16,18H,5-7,10-15H2,1H3,(H,20,23)/t16-/m1/s1. The number of urea groups is 1. The Morgan fingerprint density at radius 3 is 2.52 bits per heavy atom. The van der Waals surface area contributed by atoms with Crippen LogP contribution in [0.3, 0.4) is 0 Å². The molecule has 0 unspecified atom stereocenters. The molecule has 2 saturated heterocycles. The number of benzene rings is 1. The van der Waals surface area contributed by atoms with Crippen LogP contribution in [0.4, 0.5) is 4.79 Å². The molecule has 1 aromatic carbocycles. The van der Waals surface area contributed by atoms with E-state index in [2.05, 4.69) is 47.5 Å². The molecule has 2 heterocycles. The van der Waals surface area contributed by atoms with Gasteiger partial charge in [0.15, 0.2) is 0 Å². The predicted octanol–water partition coefficient (Wildman–Crippen LogP) is 3.24. The lowest BCUT2D eigenvalue weighted by atomic mass is 10.0. The van der Waals surface area contributed by atoms with Crippen LogP contribution in [0.25, 0.3) is 0 Å². The molecule has 0 bridgehead atoms. The molecule has 0 spiro atoms. The molecule has 4 nitrogen and oxygen atoms in total. The van der Waals surface area contributed by atoms with Crippen molar-refractivity contribution in [3.63, 3.8) is 0 Å². The Labute approximate surface area is 139 Å². The van der Waals surface area contributed by atoms with Gasteiger partial charge in [-0.15, -0.1) is 0 Å². The molecule has 2 aliphatic heterocycles. The largest absolute Gasteiger partial charge is 0.335 e. The van der Waals surface area contributed by atoms with E-state index in [1.165, 1.54) is 12.0 Å². The van der Waals surface area contributed by atoms with Crippen molar-refractivity contribution in [2.24, 2.45) is 0 Å². The maximum absolute atomic E-state index is 12.5. The van der Waals surface area contributed by atoms with Gasteiger partial charge in [0.2, 0.25) is 0 Å². The summed E-state index contributed by atoms with van der Waals surface area (Å²) in [4.78, 5) is 17.0. The van der Waals surface area contributed by atoms with Gasteiger partial charge in [0.25, 0.3) is 0 Å². The van der Waals surface area contributed by atoms with E-state index in [1.54, 1.807) is 0 Å². The molecule has 0 aromatic heterocycles. The SMILES string of the molecule is C[C@@H]1CCCCN1C(=O)NC1CCN(Cc2ccccc2)CC1. The minimum absolute atomic E-state index is 0.152. The third-order valence-corrected chi connectivity index (χ3v) is 5.23. The summed E-state index contributed by atoms with van der Waals surface area (Å²) in [6.45, 7) is 6.23. The minimum atomic E-state index is 0.152. The highest BCUT2D eigenvalue weighted by atomic mass is 16.2. The molecule has 2 aliphatic rings. The number of rotatable bonds is 3. The summed E-state index contributed by atoms with van der Waals surface area (Å²) in [7, 11) is 0. The Kier molecular flexibility index (Phi) is 5.55. The van der Waals surface area contributed by atoms with Gasteiger partial charge in [-0.2, -0.15) is 0 Å². The summed E-state index contributed by atoms with van der Waals surface area (Å²) in [5, 5.41) is 3.26. The predicted molar refractivity (Wildman–Crippen MR) is 93.3 cm³/mol. The average Bonchev–Trinajstić information content (AvgIpc) is 2.58. The maximum Gasteiger partial charge on any atom is 0.317 e. The van der Waals surface area contributed by atoms with Gasteiger partial charge in [-0.1, -0.05) is 30.3 Å². The second-order valence-corrected chi connectivity index (χ2v) is 7.02. The van der Waals surface area contributed by atoms with Gasteiger partial charge in [-0.3, -0.25) is 4.90 Å². The van der Waals surface area contributed by atoms with Crippen molar-refractivity contribution in [1.29, 1.82) is 0 Å². The molecule has 4 heteroatoms. The lowest BCUT2D eigenvalue weighted by molar-refractivity contribution is 0.143. The zero-order chi connectivity index (χ0) is 16.1. The number of hydrogen-bond donors (Lipinski definition) is 1. The summed E-state index contributed by atoms with van der Waals surface area (Å²) in [5.74, 6) is 0. The molecule has 1 N–H and O–H groups in total. The Bertz CT molecular complexity index is 497. The van der Waals surface area contributed by atoms with Gasteiger partial charge < -0.3 is 10.2 Å². The summed E-state index contributed by atoms with van der Waals surface area (Å²) >= 11 is 0. The minimum Gasteiger partial charge on any atom is -0.335 e. The van der Waals surface area contributed by atoms with Crippen LogP contribution in [-0.2, 0) is 6.54 Å². The first-order valence-electron chi connectivity index (χ1n) is 9.06. The lowest BCUT2D eigenvalue weighted by Gasteiger charge is -2.37. The molecule has 2 fully saturated rings. The van der Waals surface area contributed by atoms with Crippen LogP contribution >= 0.6 is 0 Å². The van der Waals surface area contributed by atoms with Crippen molar-refractivity contribution >= 4 is 6.03 Å². The van der Waals surface area contributed by atoms with E-state index in [0.717, 1.165) is 51.9 Å². The van der Waals surface area contributed by atoms with E-state index in [0.29, 0.717) is 12.1 Å². The summed E-state index contributed by atoms with van der Waals surface area (Å²) < 4.78 is 0. The number of hydrogen-bond acceptors (Lipinski definition) is 2. The van der Waals surface area contributed by atoms with Crippen molar-refractivity contribution in [3.05, 3.63) is 35.9 Å². The van der Waals surface area contributed by atoms with E-state index in [1.807, 2.05) is 4.90 Å². The molecule has 0 aliphatic carbocycles. The number of nitrogens with zero attached hydrogens (tertiary/aromatic N) is 2. The normalized spacial score (nSPS) is 23.7. The second-order valence-electron chi connectivity index (χ2n) is 7.02. The smallest absolute Gasteiger partial charge is 0.317 e. The van der Waals surface area contributed by atoms with Gasteiger partial charge in [0, 0.05) is 38.3 Å². The molecular formula is C19H29N3O. The van der Waals surface area contributed by atoms with E-state index in [9.17, 15) is 4.79 Å². The Hall–Kier alpha value is -1.55. The van der Waals surface area contributed by atoms with Crippen molar-refractivity contribution < 1.29 is 4.79 Å². The van der Waals surface area contributed by atoms with Crippen molar-refractivity contribution in [2.45, 2.75) is 57.7 Å². The first kappa shape index (κ1) is 16.3. The molecule has 0 radical (unpaired) electrons. The van der Waals surface area contributed by atoms with Crippen molar-refractivity contribution in [2.75, 3.05) is 19.6 Å². The summed E-state index contributed by atoms with van der Waals surface area (Å²) in [6, 6.07) is 11.5. The van der Waals surface area contributed by atoms with Crippen LogP contribution in [-0.4, -0.2) is 47.5 Å². The zero-order valence-electron chi connectivity index (χ0n) is 14.2. The molecule has 1 aromatic rings. The van der Waals surface area contributed by atoms with Gasteiger partial charge in [0.05, 0.1) is 0 Å². The first-order chi connectivity index (χ1) is 11.2. The fraction of sp³-hybridized carbons (Fsp3) is 0.632. The van der Waals surface area contributed by atoms with Crippen LogP contribution in [0.15, 0.2) is 30.3 Å². The monoisotopic (exact) mass is 315 g/mol. The van der Waals surface area contributed by atoms with Gasteiger partial charge in [-0.05, 0) is 44.6 Å². The number of piperidine rings is 2. The highest BCUT2D eigenvalue weighted by Gasteiger charge is 2.26. The van der Waals surface area contributed by atoms with Crippen LogP contribution in [0.2, 0.25) is 0 Å². The fourth-order valence-electron chi connectivity index (χ4n) is 3.73. The van der Waals surface area contributed by atoms with E-state index >= 15 is 0 Å². The first-order valence-corrected chi connectivity index (χ1v) is 9.06. The number of carbonyl (C=O) groups excluding carboxylic acids is 1. The molecular weight excluding hydrogens is 286 g/mol. The Balaban J connectivity index is 1.43. The topological polar surface area (TPSA) is 35.6 Å². The molecule has 2 amide bonds. The van der Waals surface area contributed by atoms with E-state index in [-0.39, 0.29) is 6.03 Å². The average molecular weight is 315 g/mol. The quantitative estimate of drug-likeness (QED) is 0.929. The summed E-state index contributed by atoms with van der Waals surface area (Å²) in [6.07, 6.45) is 5.65. The van der Waals surface area contributed by atoms with E-state index < -0.39 is 0 Å². The highest BCUT2D eigenvalue weighted by molar-refractivity contribution is 5.75. The third-order valence-electron chi connectivity index (χ3n) is 5.23. The Morgan fingerprint density at radius 2 is 1.83 bits per heavy atom. The van der Waals surface area contributed by atoms with Gasteiger partial charge in [-0.25, -0.2) is 4.79 Å². The number of nitrogens with one attached hydrogen (secondary N) is 1. The number of carbonyl (C=O) groups is 1. The molecule has 1 atom stereocenters. The number of amides is 2. The molecule has 23 heavy (non-hydrogen) atoms. The molecule has 3 rings (SSSR count). The van der Waals surface area contributed by atoms with Crippen LogP contribution in [0.5, 0.6) is 0 Å². The highest BCUT2D eigenvalue weighted by Crippen LogP contribution is 2.18. The van der Waals surface area contributed by atoms with Gasteiger partial charge in [0.1, 0.15) is 0 Å². The van der Waals surface area contributed by atoms with E-state index in [4.69, 9.17) is 0 Å². The fourth-order valence-corrected chi connectivity index (χ4v) is 3.73. The summed E-state index contributed by atoms with van der Waals surface area (Å²) in [5.41, 5.74) is 1.37. The van der Waals surface area contributed by atoms with Crippen LogP contribution in [0, 0.1) is 0 Å². The lowest BCUT2D eigenvalue weighted by Crippen LogP contribution is -2.52.